The molecule has 0 radical (unpaired) electrons. The van der Waals surface area contributed by atoms with Gasteiger partial charge < -0.3 is 15.4 Å². The molecule has 6 heteroatoms. The van der Waals surface area contributed by atoms with Crippen molar-refractivity contribution in [1.82, 2.24) is 9.97 Å². The first-order chi connectivity index (χ1) is 11.6. The number of anilines is 4. The molecule has 2 aromatic carbocycles. The monoisotopic (exact) mass is 340 g/mol. The normalized spacial score (nSPS) is 10.3. The minimum atomic E-state index is 0.509. The summed E-state index contributed by atoms with van der Waals surface area (Å²) in [5.41, 5.74) is 2.52. The van der Waals surface area contributed by atoms with Gasteiger partial charge in [0.05, 0.1) is 17.8 Å². The summed E-state index contributed by atoms with van der Waals surface area (Å²) in [5, 5.41) is 7.04. The summed E-state index contributed by atoms with van der Waals surface area (Å²) in [6.07, 6.45) is 0. The lowest BCUT2D eigenvalue weighted by molar-refractivity contribution is 0.415. The van der Waals surface area contributed by atoms with E-state index in [9.17, 15) is 0 Å². The van der Waals surface area contributed by atoms with Crippen molar-refractivity contribution in [1.29, 1.82) is 0 Å². The van der Waals surface area contributed by atoms with Crippen LogP contribution < -0.4 is 15.4 Å². The van der Waals surface area contributed by atoms with Crippen LogP contribution in [0.4, 0.5) is 23.1 Å². The third-order valence-corrected chi connectivity index (χ3v) is 3.67. The fraction of sp³-hybridized carbons (Fsp3) is 0.111. The number of aryl methyl sites for hydroxylation is 1. The first-order valence-corrected chi connectivity index (χ1v) is 7.80. The van der Waals surface area contributed by atoms with E-state index in [1.165, 1.54) is 0 Å². The average Bonchev–Trinajstić information content (AvgIpc) is 2.57. The molecule has 0 aliphatic carbocycles. The summed E-state index contributed by atoms with van der Waals surface area (Å²) in [7, 11) is 1.64. The first-order valence-electron chi connectivity index (χ1n) is 7.42. The van der Waals surface area contributed by atoms with Gasteiger partial charge in [0, 0.05) is 17.4 Å². The Labute approximate surface area is 145 Å². The molecule has 24 heavy (non-hydrogen) atoms. The van der Waals surface area contributed by atoms with Crippen molar-refractivity contribution in [2.75, 3.05) is 17.7 Å². The molecule has 0 bridgehead atoms. The van der Waals surface area contributed by atoms with Gasteiger partial charge in [0.15, 0.2) is 0 Å². The summed E-state index contributed by atoms with van der Waals surface area (Å²) in [4.78, 5) is 8.89. The van der Waals surface area contributed by atoms with E-state index in [2.05, 4.69) is 20.6 Å². The number of halogens is 1. The van der Waals surface area contributed by atoms with Gasteiger partial charge in [0.25, 0.3) is 0 Å². The number of benzene rings is 2. The standard InChI is InChI=1S/C18H17ClN4O/c1-12-11-17(22-16-6-4-3-5-15(16)19)23-18(20-12)21-13-7-9-14(24-2)10-8-13/h3-11H,1-2H3,(H2,20,21,22,23). The predicted octanol–water partition coefficient (Wildman–Crippen LogP) is 4.93. The molecule has 0 fully saturated rings. The van der Waals surface area contributed by atoms with Gasteiger partial charge in [-0.2, -0.15) is 4.98 Å². The summed E-state index contributed by atoms with van der Waals surface area (Å²) < 4.78 is 5.15. The molecule has 0 spiro atoms. The molecule has 0 aliphatic rings. The maximum Gasteiger partial charge on any atom is 0.229 e. The number of hydrogen-bond acceptors (Lipinski definition) is 5. The highest BCUT2D eigenvalue weighted by atomic mass is 35.5. The van der Waals surface area contributed by atoms with Gasteiger partial charge in [0.2, 0.25) is 5.95 Å². The van der Waals surface area contributed by atoms with Crippen LogP contribution in [0.1, 0.15) is 5.69 Å². The Bertz CT molecular complexity index is 837. The number of hydrogen-bond donors (Lipinski definition) is 2. The number of nitrogens with one attached hydrogen (secondary N) is 2. The molecule has 0 atom stereocenters. The molecule has 1 heterocycles. The third-order valence-electron chi connectivity index (χ3n) is 3.34. The number of methoxy groups -OCH3 is 1. The van der Waals surface area contributed by atoms with E-state index in [1.54, 1.807) is 7.11 Å². The third kappa shape index (κ3) is 3.94. The van der Waals surface area contributed by atoms with Crippen molar-refractivity contribution in [3.8, 4) is 5.75 Å². The van der Waals surface area contributed by atoms with Crippen molar-refractivity contribution in [2.45, 2.75) is 6.92 Å². The lowest BCUT2D eigenvalue weighted by Gasteiger charge is -2.11. The van der Waals surface area contributed by atoms with Gasteiger partial charge in [-0.3, -0.25) is 0 Å². The van der Waals surface area contributed by atoms with Crippen LogP contribution in [0.25, 0.3) is 0 Å². The molecule has 2 N–H and O–H groups in total. The number of para-hydroxylation sites is 1. The Hall–Kier alpha value is -2.79. The Morgan fingerprint density at radius 1 is 0.958 bits per heavy atom. The van der Waals surface area contributed by atoms with E-state index in [0.29, 0.717) is 16.8 Å². The van der Waals surface area contributed by atoms with Crippen LogP contribution in [0, 0.1) is 6.92 Å². The summed E-state index contributed by atoms with van der Waals surface area (Å²) >= 11 is 6.18. The van der Waals surface area contributed by atoms with Crippen LogP contribution in [0.15, 0.2) is 54.6 Å². The quantitative estimate of drug-likeness (QED) is 0.689. The highest BCUT2D eigenvalue weighted by Gasteiger charge is 2.05. The maximum atomic E-state index is 6.18. The molecule has 0 saturated heterocycles. The Morgan fingerprint density at radius 3 is 2.42 bits per heavy atom. The zero-order valence-electron chi connectivity index (χ0n) is 13.4. The summed E-state index contributed by atoms with van der Waals surface area (Å²) in [6.45, 7) is 1.92. The molecule has 0 aliphatic heterocycles. The van der Waals surface area contributed by atoms with Crippen LogP contribution in [0.3, 0.4) is 0 Å². The molecule has 0 amide bonds. The van der Waals surface area contributed by atoms with Crippen LogP contribution in [-0.2, 0) is 0 Å². The Morgan fingerprint density at radius 2 is 1.71 bits per heavy atom. The van der Waals surface area contributed by atoms with Crippen molar-refractivity contribution >= 4 is 34.7 Å². The van der Waals surface area contributed by atoms with Crippen LogP contribution in [-0.4, -0.2) is 17.1 Å². The molecule has 3 aromatic rings. The predicted molar refractivity (Wildman–Crippen MR) is 97.8 cm³/mol. The van der Waals surface area contributed by atoms with Crippen molar-refractivity contribution in [2.24, 2.45) is 0 Å². The highest BCUT2D eigenvalue weighted by Crippen LogP contribution is 2.25. The topological polar surface area (TPSA) is 59.1 Å². The second-order valence-corrected chi connectivity index (χ2v) is 5.58. The molecule has 0 saturated carbocycles. The van der Waals surface area contributed by atoms with Gasteiger partial charge in [-0.15, -0.1) is 0 Å². The van der Waals surface area contributed by atoms with Gasteiger partial charge in [-0.05, 0) is 43.3 Å². The number of nitrogens with zero attached hydrogens (tertiary/aromatic N) is 2. The van der Waals surface area contributed by atoms with E-state index in [-0.39, 0.29) is 0 Å². The zero-order valence-corrected chi connectivity index (χ0v) is 14.1. The Balaban J connectivity index is 1.81. The van der Waals surface area contributed by atoms with E-state index in [0.717, 1.165) is 22.8 Å². The zero-order chi connectivity index (χ0) is 16.9. The van der Waals surface area contributed by atoms with Crippen LogP contribution in [0.2, 0.25) is 5.02 Å². The SMILES string of the molecule is COc1ccc(Nc2nc(C)cc(Nc3ccccc3Cl)n2)cc1. The average molecular weight is 341 g/mol. The van der Waals surface area contributed by atoms with Gasteiger partial charge in [-0.25, -0.2) is 4.98 Å². The molecule has 1 aromatic heterocycles. The molecule has 5 nitrogen and oxygen atoms in total. The van der Waals surface area contributed by atoms with E-state index in [4.69, 9.17) is 16.3 Å². The second-order valence-electron chi connectivity index (χ2n) is 5.18. The molecular formula is C18H17ClN4O. The van der Waals surface area contributed by atoms with Gasteiger partial charge in [-0.1, -0.05) is 23.7 Å². The lowest BCUT2D eigenvalue weighted by atomic mass is 10.3. The highest BCUT2D eigenvalue weighted by molar-refractivity contribution is 6.33. The van der Waals surface area contributed by atoms with E-state index >= 15 is 0 Å². The van der Waals surface area contributed by atoms with Crippen LogP contribution >= 0.6 is 11.6 Å². The minimum absolute atomic E-state index is 0.509. The van der Waals surface area contributed by atoms with E-state index in [1.807, 2.05) is 61.5 Å². The first kappa shape index (κ1) is 16.1. The Kier molecular flexibility index (Phi) is 4.82. The minimum Gasteiger partial charge on any atom is -0.497 e. The molecule has 3 rings (SSSR count). The van der Waals surface area contributed by atoms with Crippen LogP contribution in [0.5, 0.6) is 5.75 Å². The lowest BCUT2D eigenvalue weighted by Crippen LogP contribution is -2.02. The fourth-order valence-corrected chi connectivity index (χ4v) is 2.38. The number of rotatable bonds is 5. The maximum absolute atomic E-state index is 6.18. The van der Waals surface area contributed by atoms with Crippen molar-refractivity contribution in [3.05, 3.63) is 65.3 Å². The second kappa shape index (κ2) is 7.19. The molecule has 0 unspecified atom stereocenters. The molecule has 122 valence electrons. The number of ether oxygens (including phenoxy) is 1. The van der Waals surface area contributed by atoms with E-state index < -0.39 is 0 Å². The molecular weight excluding hydrogens is 324 g/mol. The van der Waals surface area contributed by atoms with Crippen molar-refractivity contribution in [3.63, 3.8) is 0 Å². The van der Waals surface area contributed by atoms with Crippen molar-refractivity contribution < 1.29 is 4.74 Å². The summed E-state index contributed by atoms with van der Waals surface area (Å²) in [6, 6.07) is 17.0. The van der Waals surface area contributed by atoms with Gasteiger partial charge >= 0.3 is 0 Å². The summed E-state index contributed by atoms with van der Waals surface area (Å²) in [5.74, 6) is 1.98. The number of aromatic nitrogens is 2. The fourth-order valence-electron chi connectivity index (χ4n) is 2.19. The van der Waals surface area contributed by atoms with Gasteiger partial charge in [0.1, 0.15) is 11.6 Å². The smallest absolute Gasteiger partial charge is 0.229 e. The largest absolute Gasteiger partial charge is 0.497 e.